The van der Waals surface area contributed by atoms with Gasteiger partial charge in [-0.15, -0.1) is 0 Å². The van der Waals surface area contributed by atoms with E-state index in [-0.39, 0.29) is 11.1 Å². The van der Waals surface area contributed by atoms with E-state index in [9.17, 15) is 9.59 Å². The second-order valence-electron chi connectivity index (χ2n) is 7.02. The normalized spacial score (nSPS) is 15.0. The van der Waals surface area contributed by atoms with E-state index in [0.29, 0.717) is 35.2 Å². The van der Waals surface area contributed by atoms with Gasteiger partial charge in [0.2, 0.25) is 0 Å². The molecule has 6 heteroatoms. The summed E-state index contributed by atoms with van der Waals surface area (Å²) in [6.07, 6.45) is 2.37. The zero-order valence-corrected chi connectivity index (χ0v) is 18.2. The Labute approximate surface area is 190 Å². The quantitative estimate of drug-likeness (QED) is 0.403. The van der Waals surface area contributed by atoms with Gasteiger partial charge in [0, 0.05) is 17.1 Å². The zero-order chi connectivity index (χ0) is 21.6. The average Bonchev–Trinajstić information content (AvgIpc) is 3.05. The van der Waals surface area contributed by atoms with Crippen LogP contribution in [-0.4, -0.2) is 22.6 Å². The van der Waals surface area contributed by atoms with Crippen LogP contribution in [0.25, 0.3) is 6.08 Å². The van der Waals surface area contributed by atoms with Crippen LogP contribution in [0.3, 0.4) is 0 Å². The van der Waals surface area contributed by atoms with Crippen molar-refractivity contribution in [3.05, 3.63) is 105 Å². The molecule has 4 rings (SSSR count). The monoisotopic (exact) mass is 449 g/mol. The third-order valence-corrected chi connectivity index (χ3v) is 6.12. The van der Waals surface area contributed by atoms with E-state index in [1.807, 2.05) is 78.9 Å². The van der Waals surface area contributed by atoms with Crippen LogP contribution in [0.15, 0.2) is 83.8 Å². The van der Waals surface area contributed by atoms with Gasteiger partial charge in [-0.25, -0.2) is 0 Å². The Balaban J connectivity index is 1.42. The summed E-state index contributed by atoms with van der Waals surface area (Å²) in [6.45, 7) is 0.714. The Hall–Kier alpha value is -3.02. The lowest BCUT2D eigenvalue weighted by atomic mass is 10.1. The number of carbonyl (C=O) groups is 2. The number of carbonyl (C=O) groups excluding carboxylic acids is 2. The number of benzene rings is 3. The number of amides is 2. The second kappa shape index (κ2) is 9.86. The van der Waals surface area contributed by atoms with Gasteiger partial charge in [-0.2, -0.15) is 0 Å². The van der Waals surface area contributed by atoms with Crippen LogP contribution >= 0.6 is 23.4 Å². The molecule has 4 nitrogen and oxygen atoms in total. The number of hydrogen-bond donors (Lipinski definition) is 0. The lowest BCUT2D eigenvalue weighted by molar-refractivity contribution is -0.122. The number of nitrogens with zero attached hydrogens (tertiary/aromatic N) is 1. The summed E-state index contributed by atoms with van der Waals surface area (Å²) in [5, 5.41) is 0.418. The maximum atomic E-state index is 12.7. The van der Waals surface area contributed by atoms with Crippen molar-refractivity contribution in [1.29, 1.82) is 0 Å². The highest BCUT2D eigenvalue weighted by molar-refractivity contribution is 8.18. The Bertz CT molecular complexity index is 1130. The zero-order valence-electron chi connectivity index (χ0n) is 16.7. The van der Waals surface area contributed by atoms with Crippen LogP contribution in [0, 0.1) is 0 Å². The maximum Gasteiger partial charge on any atom is 0.293 e. The molecule has 1 aliphatic rings. The van der Waals surface area contributed by atoms with Crippen LogP contribution in [0.1, 0.15) is 16.7 Å². The van der Waals surface area contributed by atoms with Gasteiger partial charge in [-0.05, 0) is 53.6 Å². The first-order chi connectivity index (χ1) is 15.1. The molecule has 1 heterocycles. The highest BCUT2D eigenvalue weighted by Gasteiger charge is 2.34. The molecule has 1 fully saturated rings. The molecular formula is C25H20ClNO3S. The Morgan fingerprint density at radius 3 is 2.52 bits per heavy atom. The third kappa shape index (κ3) is 5.37. The topological polar surface area (TPSA) is 46.6 Å². The summed E-state index contributed by atoms with van der Waals surface area (Å²) in [4.78, 5) is 26.8. The predicted molar refractivity (Wildman–Crippen MR) is 125 cm³/mol. The molecule has 3 aromatic carbocycles. The minimum atomic E-state index is -0.256. The molecule has 0 unspecified atom stereocenters. The molecule has 0 spiro atoms. The van der Waals surface area contributed by atoms with Crippen LogP contribution in [0.5, 0.6) is 5.75 Å². The van der Waals surface area contributed by atoms with Gasteiger partial charge in [-0.3, -0.25) is 14.5 Å². The molecule has 1 aliphatic heterocycles. The van der Waals surface area contributed by atoms with Gasteiger partial charge in [0.25, 0.3) is 11.1 Å². The summed E-state index contributed by atoms with van der Waals surface area (Å²) >= 11 is 7.15. The largest absolute Gasteiger partial charge is 0.489 e. The van der Waals surface area contributed by atoms with E-state index in [0.717, 1.165) is 28.5 Å². The van der Waals surface area contributed by atoms with Crippen molar-refractivity contribution in [2.75, 3.05) is 6.54 Å². The molecule has 0 saturated carbocycles. The third-order valence-electron chi connectivity index (χ3n) is 4.85. The van der Waals surface area contributed by atoms with Crippen LogP contribution in [0.2, 0.25) is 5.02 Å². The number of ether oxygens (including phenoxy) is 1. The SMILES string of the molecule is O=C1S/C(=C/c2cccc(OCc3ccccc3Cl)c2)C(=O)N1CCc1ccccc1. The van der Waals surface area contributed by atoms with Crippen molar-refractivity contribution in [3.8, 4) is 5.75 Å². The molecule has 156 valence electrons. The lowest BCUT2D eigenvalue weighted by Gasteiger charge is -2.12. The summed E-state index contributed by atoms with van der Waals surface area (Å²) in [7, 11) is 0. The molecular weight excluding hydrogens is 430 g/mol. The second-order valence-corrected chi connectivity index (χ2v) is 8.42. The van der Waals surface area contributed by atoms with Crippen LogP contribution < -0.4 is 4.74 Å². The average molecular weight is 450 g/mol. The highest BCUT2D eigenvalue weighted by atomic mass is 35.5. The van der Waals surface area contributed by atoms with E-state index in [2.05, 4.69) is 0 Å². The van der Waals surface area contributed by atoms with Crippen molar-refractivity contribution >= 4 is 40.6 Å². The molecule has 0 atom stereocenters. The summed E-state index contributed by atoms with van der Waals surface area (Å²) < 4.78 is 5.85. The van der Waals surface area contributed by atoms with Crippen LogP contribution in [0.4, 0.5) is 4.79 Å². The van der Waals surface area contributed by atoms with Crippen molar-refractivity contribution in [2.24, 2.45) is 0 Å². The fraction of sp³-hybridized carbons (Fsp3) is 0.120. The van der Waals surface area contributed by atoms with Gasteiger partial charge in [0.05, 0.1) is 4.91 Å². The van der Waals surface area contributed by atoms with Gasteiger partial charge in [-0.1, -0.05) is 72.3 Å². The van der Waals surface area contributed by atoms with Crippen molar-refractivity contribution < 1.29 is 14.3 Å². The van der Waals surface area contributed by atoms with E-state index < -0.39 is 0 Å². The molecule has 0 aliphatic carbocycles. The van der Waals surface area contributed by atoms with Crippen molar-refractivity contribution in [1.82, 2.24) is 4.90 Å². The van der Waals surface area contributed by atoms with Gasteiger partial charge in [0.15, 0.2) is 0 Å². The van der Waals surface area contributed by atoms with E-state index in [4.69, 9.17) is 16.3 Å². The Morgan fingerprint density at radius 1 is 0.935 bits per heavy atom. The number of rotatable bonds is 7. The summed E-state index contributed by atoms with van der Waals surface area (Å²) in [6, 6.07) is 24.8. The summed E-state index contributed by atoms with van der Waals surface area (Å²) in [5.41, 5.74) is 2.79. The highest BCUT2D eigenvalue weighted by Crippen LogP contribution is 2.33. The minimum absolute atomic E-state index is 0.238. The predicted octanol–water partition coefficient (Wildman–Crippen LogP) is 6.20. The molecule has 0 bridgehead atoms. The van der Waals surface area contributed by atoms with E-state index in [1.165, 1.54) is 4.90 Å². The summed E-state index contributed by atoms with van der Waals surface area (Å²) in [5.74, 6) is 0.408. The fourth-order valence-electron chi connectivity index (χ4n) is 3.20. The molecule has 0 N–H and O–H groups in total. The van der Waals surface area contributed by atoms with E-state index in [1.54, 1.807) is 6.08 Å². The first-order valence-corrected chi connectivity index (χ1v) is 11.1. The molecule has 31 heavy (non-hydrogen) atoms. The van der Waals surface area contributed by atoms with E-state index >= 15 is 0 Å². The molecule has 3 aromatic rings. The van der Waals surface area contributed by atoms with Gasteiger partial charge < -0.3 is 4.74 Å². The number of thioether (sulfide) groups is 1. The van der Waals surface area contributed by atoms with Gasteiger partial charge >= 0.3 is 0 Å². The molecule has 1 saturated heterocycles. The standard InChI is InChI=1S/C25H20ClNO3S/c26-22-12-5-4-10-20(22)17-30-21-11-6-9-19(15-21)16-23-24(28)27(25(29)31-23)14-13-18-7-2-1-3-8-18/h1-12,15-16H,13-14,17H2/b23-16+. The molecule has 0 radical (unpaired) electrons. The first kappa shape index (κ1) is 21.2. The lowest BCUT2D eigenvalue weighted by Crippen LogP contribution is -2.30. The maximum absolute atomic E-state index is 12.7. The molecule has 2 amide bonds. The van der Waals surface area contributed by atoms with Crippen molar-refractivity contribution in [3.63, 3.8) is 0 Å². The number of hydrogen-bond acceptors (Lipinski definition) is 4. The Kier molecular flexibility index (Phi) is 6.75. The fourth-order valence-corrected chi connectivity index (χ4v) is 4.26. The Morgan fingerprint density at radius 2 is 1.71 bits per heavy atom. The first-order valence-electron chi connectivity index (χ1n) is 9.86. The van der Waals surface area contributed by atoms with Gasteiger partial charge in [0.1, 0.15) is 12.4 Å². The molecule has 0 aromatic heterocycles. The minimum Gasteiger partial charge on any atom is -0.489 e. The van der Waals surface area contributed by atoms with Crippen molar-refractivity contribution in [2.45, 2.75) is 13.0 Å². The number of halogens is 1. The smallest absolute Gasteiger partial charge is 0.293 e. The number of imide groups is 1. The van der Waals surface area contributed by atoms with Crippen LogP contribution in [-0.2, 0) is 17.8 Å².